The molecule has 0 radical (unpaired) electrons. The van der Waals surface area contributed by atoms with Crippen LogP contribution in [0.1, 0.15) is 43.8 Å². The average molecular weight is 191 g/mol. The summed E-state index contributed by atoms with van der Waals surface area (Å²) in [6.07, 6.45) is 6.44. The normalized spacial score (nSPS) is 16.5. The molecule has 76 valence electrons. The van der Waals surface area contributed by atoms with Gasteiger partial charge in [0.15, 0.2) is 0 Å². The molecule has 1 aliphatic carbocycles. The molecule has 1 heterocycles. The summed E-state index contributed by atoms with van der Waals surface area (Å²) in [6.45, 7) is 3.93. The highest BCUT2D eigenvalue weighted by Crippen LogP contribution is 2.20. The molecular weight excluding hydrogens is 174 g/mol. The van der Waals surface area contributed by atoms with Gasteiger partial charge in [0.25, 0.3) is 0 Å². The molecule has 1 aromatic rings. The zero-order valence-electron chi connectivity index (χ0n) is 8.88. The Bertz CT molecular complexity index is 339. The third-order valence-electron chi connectivity index (χ3n) is 2.67. The molecule has 2 rings (SSSR count). The van der Waals surface area contributed by atoms with E-state index in [1.165, 1.54) is 18.5 Å². The first-order valence-electron chi connectivity index (χ1n) is 5.21. The summed E-state index contributed by atoms with van der Waals surface area (Å²) in [7, 11) is 0. The average Bonchev–Trinajstić information content (AvgIpc) is 2.16. The minimum absolute atomic E-state index is 0.376. The number of nitrogens with two attached hydrogens (primary N) is 1. The summed E-state index contributed by atoms with van der Waals surface area (Å²) in [5.41, 5.74) is 8.84. The van der Waals surface area contributed by atoms with E-state index in [0.717, 1.165) is 24.2 Å². The van der Waals surface area contributed by atoms with E-state index in [9.17, 15) is 0 Å². The fourth-order valence-electron chi connectivity index (χ4n) is 1.76. The molecule has 3 heteroatoms. The highest BCUT2D eigenvalue weighted by molar-refractivity contribution is 5.19. The van der Waals surface area contributed by atoms with Crippen molar-refractivity contribution < 1.29 is 0 Å². The molecule has 14 heavy (non-hydrogen) atoms. The van der Waals surface area contributed by atoms with Gasteiger partial charge in [0.05, 0.1) is 28.8 Å². The maximum absolute atomic E-state index is 5.99. The second kappa shape index (κ2) is 3.31. The fourth-order valence-corrected chi connectivity index (χ4v) is 1.76. The molecule has 1 aliphatic rings. The van der Waals surface area contributed by atoms with Crippen LogP contribution < -0.4 is 5.73 Å². The lowest BCUT2D eigenvalue weighted by Crippen LogP contribution is -2.31. The Hall–Kier alpha value is -0.960. The molecule has 0 atom stereocenters. The van der Waals surface area contributed by atoms with Gasteiger partial charge in [-0.2, -0.15) is 0 Å². The number of nitrogens with zero attached hydrogens (tertiary/aromatic N) is 2. The number of hydrogen-bond acceptors (Lipinski definition) is 3. The summed E-state index contributed by atoms with van der Waals surface area (Å²) >= 11 is 0. The van der Waals surface area contributed by atoms with Gasteiger partial charge in [0, 0.05) is 0 Å². The van der Waals surface area contributed by atoms with E-state index in [4.69, 9.17) is 5.73 Å². The third-order valence-corrected chi connectivity index (χ3v) is 2.67. The van der Waals surface area contributed by atoms with Gasteiger partial charge in [-0.15, -0.1) is 0 Å². The molecule has 0 spiro atoms. The van der Waals surface area contributed by atoms with Gasteiger partial charge in [0.2, 0.25) is 0 Å². The van der Waals surface area contributed by atoms with Crippen LogP contribution in [-0.4, -0.2) is 9.97 Å². The summed E-state index contributed by atoms with van der Waals surface area (Å²) in [6, 6.07) is 0. The van der Waals surface area contributed by atoms with Crippen molar-refractivity contribution in [2.75, 3.05) is 0 Å². The molecule has 0 amide bonds. The van der Waals surface area contributed by atoms with E-state index in [2.05, 4.69) is 9.97 Å². The fraction of sp³-hybridized carbons (Fsp3) is 0.636. The van der Waals surface area contributed by atoms with Gasteiger partial charge in [-0.3, -0.25) is 9.97 Å². The first kappa shape index (κ1) is 9.59. The SMILES string of the molecule is CC(C)(N)c1cnc2c(n1)CCCC2. The Kier molecular flexibility index (Phi) is 2.27. The highest BCUT2D eigenvalue weighted by atomic mass is 14.9. The minimum atomic E-state index is -0.376. The summed E-state index contributed by atoms with van der Waals surface area (Å²) in [4.78, 5) is 9.04. The molecule has 0 saturated heterocycles. The van der Waals surface area contributed by atoms with E-state index < -0.39 is 0 Å². The van der Waals surface area contributed by atoms with Crippen LogP contribution in [0.4, 0.5) is 0 Å². The lowest BCUT2D eigenvalue weighted by Gasteiger charge is -2.21. The highest BCUT2D eigenvalue weighted by Gasteiger charge is 2.19. The summed E-state index contributed by atoms with van der Waals surface area (Å²) in [5.74, 6) is 0. The van der Waals surface area contributed by atoms with Crippen molar-refractivity contribution >= 4 is 0 Å². The topological polar surface area (TPSA) is 51.8 Å². The first-order chi connectivity index (χ1) is 6.57. The third kappa shape index (κ3) is 1.77. The maximum atomic E-state index is 5.99. The second-order valence-corrected chi connectivity index (χ2v) is 4.58. The van der Waals surface area contributed by atoms with Crippen molar-refractivity contribution in [1.29, 1.82) is 0 Å². The van der Waals surface area contributed by atoms with Gasteiger partial charge in [-0.25, -0.2) is 0 Å². The van der Waals surface area contributed by atoms with Crippen LogP contribution in [-0.2, 0) is 18.4 Å². The predicted molar refractivity (Wildman–Crippen MR) is 55.9 cm³/mol. The number of hydrogen-bond donors (Lipinski definition) is 1. The van der Waals surface area contributed by atoms with Crippen molar-refractivity contribution in [3.8, 4) is 0 Å². The van der Waals surface area contributed by atoms with Crippen molar-refractivity contribution in [2.45, 2.75) is 45.1 Å². The number of aromatic nitrogens is 2. The Balaban J connectivity index is 2.39. The van der Waals surface area contributed by atoms with E-state index in [0.29, 0.717) is 0 Å². The molecule has 0 aliphatic heterocycles. The van der Waals surface area contributed by atoms with Crippen molar-refractivity contribution in [3.05, 3.63) is 23.3 Å². The molecule has 3 nitrogen and oxygen atoms in total. The number of fused-ring (bicyclic) bond motifs is 1. The molecule has 0 aromatic carbocycles. The van der Waals surface area contributed by atoms with E-state index in [1.54, 1.807) is 0 Å². The van der Waals surface area contributed by atoms with Crippen LogP contribution in [0.25, 0.3) is 0 Å². The molecule has 1 aromatic heterocycles. The zero-order valence-corrected chi connectivity index (χ0v) is 8.88. The Morgan fingerprint density at radius 3 is 2.50 bits per heavy atom. The Morgan fingerprint density at radius 1 is 1.21 bits per heavy atom. The molecular formula is C11H17N3. The van der Waals surface area contributed by atoms with Crippen LogP contribution >= 0.6 is 0 Å². The van der Waals surface area contributed by atoms with Gasteiger partial charge < -0.3 is 5.73 Å². The van der Waals surface area contributed by atoms with Crippen LogP contribution in [0.5, 0.6) is 0 Å². The largest absolute Gasteiger partial charge is 0.321 e. The van der Waals surface area contributed by atoms with E-state index >= 15 is 0 Å². The van der Waals surface area contributed by atoms with Gasteiger partial charge in [-0.05, 0) is 39.5 Å². The van der Waals surface area contributed by atoms with E-state index in [-0.39, 0.29) is 5.54 Å². The number of rotatable bonds is 1. The lowest BCUT2D eigenvalue weighted by atomic mass is 9.98. The monoisotopic (exact) mass is 191 g/mol. The minimum Gasteiger partial charge on any atom is -0.321 e. The molecule has 0 unspecified atom stereocenters. The van der Waals surface area contributed by atoms with E-state index in [1.807, 2.05) is 20.0 Å². The quantitative estimate of drug-likeness (QED) is 0.732. The Morgan fingerprint density at radius 2 is 1.86 bits per heavy atom. The smallest absolute Gasteiger partial charge is 0.0783 e. The van der Waals surface area contributed by atoms with Gasteiger partial charge in [0.1, 0.15) is 0 Å². The molecule has 0 saturated carbocycles. The molecule has 0 fully saturated rings. The number of aryl methyl sites for hydroxylation is 2. The summed E-state index contributed by atoms with van der Waals surface area (Å²) in [5, 5.41) is 0. The molecule has 2 N–H and O–H groups in total. The molecule has 0 bridgehead atoms. The van der Waals surface area contributed by atoms with Crippen LogP contribution in [0.15, 0.2) is 6.20 Å². The van der Waals surface area contributed by atoms with Crippen molar-refractivity contribution in [1.82, 2.24) is 9.97 Å². The summed E-state index contributed by atoms with van der Waals surface area (Å²) < 4.78 is 0. The van der Waals surface area contributed by atoms with Crippen molar-refractivity contribution in [3.63, 3.8) is 0 Å². The maximum Gasteiger partial charge on any atom is 0.0783 e. The second-order valence-electron chi connectivity index (χ2n) is 4.58. The zero-order chi connectivity index (χ0) is 10.2. The van der Waals surface area contributed by atoms with Crippen LogP contribution in [0.2, 0.25) is 0 Å². The van der Waals surface area contributed by atoms with Crippen LogP contribution in [0, 0.1) is 0 Å². The Labute approximate surface area is 84.8 Å². The predicted octanol–water partition coefficient (Wildman–Crippen LogP) is 1.55. The lowest BCUT2D eigenvalue weighted by molar-refractivity contribution is 0.521. The first-order valence-corrected chi connectivity index (χ1v) is 5.21. The van der Waals surface area contributed by atoms with Crippen molar-refractivity contribution in [2.24, 2.45) is 5.73 Å². The van der Waals surface area contributed by atoms with Gasteiger partial charge in [-0.1, -0.05) is 0 Å². The standard InChI is InChI=1S/C11H17N3/c1-11(2,12)10-7-13-8-5-3-4-6-9(8)14-10/h7H,3-6,12H2,1-2H3. The van der Waals surface area contributed by atoms with Gasteiger partial charge >= 0.3 is 0 Å². The van der Waals surface area contributed by atoms with Crippen LogP contribution in [0.3, 0.4) is 0 Å².